The highest BCUT2D eigenvalue weighted by Gasteiger charge is 2.25. The number of aliphatic carboxylic acids is 1. The molecule has 5 heteroatoms. The summed E-state index contributed by atoms with van der Waals surface area (Å²) >= 11 is 1.62. The van der Waals surface area contributed by atoms with E-state index in [1.54, 1.807) is 17.4 Å². The summed E-state index contributed by atoms with van der Waals surface area (Å²) in [6.45, 7) is 3.44. The molecule has 108 valence electrons. The highest BCUT2D eigenvalue weighted by atomic mass is 32.1. The average Bonchev–Trinajstić information content (AvgIpc) is 3.02. The van der Waals surface area contributed by atoms with E-state index in [1.165, 1.54) is 5.56 Å². The second-order valence-corrected chi connectivity index (χ2v) is 6.12. The van der Waals surface area contributed by atoms with Crippen LogP contribution in [0.4, 0.5) is 0 Å². The van der Waals surface area contributed by atoms with E-state index in [0.29, 0.717) is 18.9 Å². The Morgan fingerprint density at radius 3 is 3.00 bits per heavy atom. The molecule has 1 saturated heterocycles. The average molecular weight is 293 g/mol. The monoisotopic (exact) mass is 293 g/mol. The number of hydrogen-bond donors (Lipinski definition) is 1. The van der Waals surface area contributed by atoms with E-state index >= 15 is 0 Å². The lowest BCUT2D eigenvalue weighted by Gasteiger charge is -2.13. The van der Waals surface area contributed by atoms with Crippen molar-refractivity contribution in [2.75, 3.05) is 13.1 Å². The molecular formula is C15H19NO3S. The van der Waals surface area contributed by atoms with Crippen LogP contribution in [0, 0.1) is 12.8 Å². The summed E-state index contributed by atoms with van der Waals surface area (Å²) in [6, 6.07) is 2.03. The van der Waals surface area contributed by atoms with Crippen LogP contribution in [0.5, 0.6) is 0 Å². The molecular weight excluding hydrogens is 274 g/mol. The van der Waals surface area contributed by atoms with Gasteiger partial charge in [-0.2, -0.15) is 0 Å². The van der Waals surface area contributed by atoms with E-state index in [0.717, 1.165) is 17.8 Å². The Kier molecular flexibility index (Phi) is 4.95. The quantitative estimate of drug-likeness (QED) is 0.849. The molecule has 4 nitrogen and oxygen atoms in total. The van der Waals surface area contributed by atoms with Crippen molar-refractivity contribution >= 4 is 29.3 Å². The summed E-state index contributed by atoms with van der Waals surface area (Å²) in [6.07, 6.45) is 5.25. The molecule has 0 aromatic carbocycles. The number of nitrogens with zero attached hydrogens (tertiary/aromatic N) is 1. The summed E-state index contributed by atoms with van der Waals surface area (Å²) in [4.78, 5) is 25.5. The van der Waals surface area contributed by atoms with Crippen molar-refractivity contribution in [3.8, 4) is 0 Å². The van der Waals surface area contributed by atoms with Crippen LogP contribution < -0.4 is 0 Å². The first-order valence-electron chi connectivity index (χ1n) is 6.79. The van der Waals surface area contributed by atoms with Crippen molar-refractivity contribution < 1.29 is 14.7 Å². The molecule has 1 unspecified atom stereocenters. The van der Waals surface area contributed by atoms with Crippen molar-refractivity contribution in [3.05, 3.63) is 28.0 Å². The van der Waals surface area contributed by atoms with Gasteiger partial charge in [0, 0.05) is 30.5 Å². The summed E-state index contributed by atoms with van der Waals surface area (Å²) in [5, 5.41) is 10.7. The number of rotatable bonds is 5. The second-order valence-electron chi connectivity index (χ2n) is 5.17. The minimum atomic E-state index is -0.761. The van der Waals surface area contributed by atoms with E-state index < -0.39 is 5.97 Å². The SMILES string of the molecule is Cc1ccsc1/C=C/C(=O)N1CCC(CCC(=O)O)C1. The number of hydrogen-bond acceptors (Lipinski definition) is 3. The Morgan fingerprint density at radius 2 is 2.35 bits per heavy atom. The third-order valence-corrected chi connectivity index (χ3v) is 4.63. The van der Waals surface area contributed by atoms with Gasteiger partial charge in [-0.05, 0) is 48.8 Å². The molecule has 2 rings (SSSR count). The molecule has 1 aromatic heterocycles. The van der Waals surface area contributed by atoms with Crippen LogP contribution in [0.1, 0.15) is 29.7 Å². The topological polar surface area (TPSA) is 57.6 Å². The number of thiophene rings is 1. The third kappa shape index (κ3) is 3.93. The molecule has 1 atom stereocenters. The molecule has 1 N–H and O–H groups in total. The first kappa shape index (κ1) is 14.8. The maximum absolute atomic E-state index is 12.1. The zero-order chi connectivity index (χ0) is 14.5. The molecule has 1 aliphatic rings. The van der Waals surface area contributed by atoms with Crippen LogP contribution in [0.25, 0.3) is 6.08 Å². The van der Waals surface area contributed by atoms with Crippen molar-refractivity contribution in [3.63, 3.8) is 0 Å². The number of carbonyl (C=O) groups is 2. The van der Waals surface area contributed by atoms with Crippen LogP contribution in [-0.2, 0) is 9.59 Å². The summed E-state index contributed by atoms with van der Waals surface area (Å²) in [5.41, 5.74) is 1.18. The number of carbonyl (C=O) groups excluding carboxylic acids is 1. The van der Waals surface area contributed by atoms with Gasteiger partial charge in [-0.1, -0.05) is 0 Å². The molecule has 1 aromatic rings. The van der Waals surface area contributed by atoms with E-state index in [4.69, 9.17) is 5.11 Å². The minimum absolute atomic E-state index is 0.0237. The molecule has 2 heterocycles. The van der Waals surface area contributed by atoms with Crippen molar-refractivity contribution in [2.45, 2.75) is 26.2 Å². The highest BCUT2D eigenvalue weighted by molar-refractivity contribution is 7.11. The first-order chi connectivity index (χ1) is 9.56. The van der Waals surface area contributed by atoms with Crippen molar-refractivity contribution in [1.29, 1.82) is 0 Å². The number of amides is 1. The lowest BCUT2D eigenvalue weighted by molar-refractivity contribution is -0.137. The smallest absolute Gasteiger partial charge is 0.303 e. The van der Waals surface area contributed by atoms with Gasteiger partial charge in [0.05, 0.1) is 0 Å². The Bertz CT molecular complexity index is 521. The van der Waals surface area contributed by atoms with Crippen LogP contribution >= 0.6 is 11.3 Å². The van der Waals surface area contributed by atoms with Crippen molar-refractivity contribution in [1.82, 2.24) is 4.90 Å². The normalized spacial score (nSPS) is 18.9. The third-order valence-electron chi connectivity index (χ3n) is 3.64. The highest BCUT2D eigenvalue weighted by Crippen LogP contribution is 2.22. The number of aryl methyl sites for hydroxylation is 1. The Balaban J connectivity index is 1.84. The van der Waals surface area contributed by atoms with Gasteiger partial charge < -0.3 is 10.0 Å². The fourth-order valence-corrected chi connectivity index (χ4v) is 3.22. The maximum atomic E-state index is 12.1. The fraction of sp³-hybridized carbons (Fsp3) is 0.467. The molecule has 0 saturated carbocycles. The fourth-order valence-electron chi connectivity index (χ4n) is 2.40. The number of likely N-dealkylation sites (tertiary alicyclic amines) is 1. The van der Waals surface area contributed by atoms with Gasteiger partial charge in [0.1, 0.15) is 0 Å². The Labute approximate surface area is 122 Å². The Hall–Kier alpha value is -1.62. The number of carboxylic acids is 1. The predicted octanol–water partition coefficient (Wildman–Crippen LogP) is 2.78. The lowest BCUT2D eigenvalue weighted by atomic mass is 10.0. The second kappa shape index (κ2) is 6.70. The van der Waals surface area contributed by atoms with Gasteiger partial charge >= 0.3 is 5.97 Å². The number of carboxylic acid groups (broad SMARTS) is 1. The first-order valence-corrected chi connectivity index (χ1v) is 7.67. The van der Waals surface area contributed by atoms with Crippen LogP contribution in [0.2, 0.25) is 0 Å². The molecule has 1 amide bonds. The van der Waals surface area contributed by atoms with Gasteiger partial charge in [-0.3, -0.25) is 9.59 Å². The molecule has 1 fully saturated rings. The molecule has 20 heavy (non-hydrogen) atoms. The molecule has 0 radical (unpaired) electrons. The summed E-state index contributed by atoms with van der Waals surface area (Å²) < 4.78 is 0. The summed E-state index contributed by atoms with van der Waals surface area (Å²) in [7, 11) is 0. The van der Waals surface area contributed by atoms with Gasteiger partial charge in [-0.25, -0.2) is 0 Å². The van der Waals surface area contributed by atoms with Gasteiger partial charge in [0.2, 0.25) is 5.91 Å². The zero-order valence-electron chi connectivity index (χ0n) is 11.5. The standard InChI is InChI=1S/C15H19NO3S/c1-11-7-9-20-13(11)3-4-14(17)16-8-6-12(10-16)2-5-15(18)19/h3-4,7,9,12H,2,5-6,8,10H2,1H3,(H,18,19)/b4-3+. The molecule has 0 spiro atoms. The molecule has 0 bridgehead atoms. The van der Waals surface area contributed by atoms with E-state index in [9.17, 15) is 9.59 Å². The zero-order valence-corrected chi connectivity index (χ0v) is 12.4. The van der Waals surface area contributed by atoms with Crippen LogP contribution in [-0.4, -0.2) is 35.0 Å². The predicted molar refractivity (Wildman–Crippen MR) is 79.6 cm³/mol. The van der Waals surface area contributed by atoms with Crippen molar-refractivity contribution in [2.24, 2.45) is 5.92 Å². The van der Waals surface area contributed by atoms with E-state index in [1.807, 2.05) is 29.3 Å². The van der Waals surface area contributed by atoms with Gasteiger partial charge in [0.25, 0.3) is 0 Å². The van der Waals surface area contributed by atoms with Crippen LogP contribution in [0.15, 0.2) is 17.5 Å². The molecule has 1 aliphatic heterocycles. The van der Waals surface area contributed by atoms with Gasteiger partial charge in [-0.15, -0.1) is 11.3 Å². The van der Waals surface area contributed by atoms with E-state index in [-0.39, 0.29) is 12.3 Å². The Morgan fingerprint density at radius 1 is 1.55 bits per heavy atom. The molecule has 0 aliphatic carbocycles. The van der Waals surface area contributed by atoms with E-state index in [2.05, 4.69) is 0 Å². The largest absolute Gasteiger partial charge is 0.481 e. The minimum Gasteiger partial charge on any atom is -0.481 e. The maximum Gasteiger partial charge on any atom is 0.303 e. The lowest BCUT2D eigenvalue weighted by Crippen LogP contribution is -2.26. The van der Waals surface area contributed by atoms with Crippen LogP contribution in [0.3, 0.4) is 0 Å². The summed E-state index contributed by atoms with van der Waals surface area (Å²) in [5.74, 6) is -0.412. The van der Waals surface area contributed by atoms with Gasteiger partial charge in [0.15, 0.2) is 0 Å².